The zero-order valence-electron chi connectivity index (χ0n) is 26.3. The van der Waals surface area contributed by atoms with Crippen molar-refractivity contribution in [3.63, 3.8) is 0 Å². The van der Waals surface area contributed by atoms with Gasteiger partial charge in [-0.25, -0.2) is 0 Å². The highest BCUT2D eigenvalue weighted by atomic mass is 79.9. The Balaban J connectivity index is 0.000000208. The molecule has 0 aliphatic carbocycles. The fourth-order valence-corrected chi connectivity index (χ4v) is 6.40. The fraction of sp³-hybridized carbons (Fsp3) is 0.588. The minimum Gasteiger partial charge on any atom is -0.399 e. The summed E-state index contributed by atoms with van der Waals surface area (Å²) in [6.45, 7) is 18.8. The third kappa shape index (κ3) is 6.80. The van der Waals surface area contributed by atoms with Crippen LogP contribution in [0.4, 0.5) is 0 Å². The lowest BCUT2D eigenvalue weighted by atomic mass is 9.72. The van der Waals surface area contributed by atoms with Crippen molar-refractivity contribution in [2.75, 3.05) is 39.3 Å². The molecule has 3 aliphatic rings. The first-order valence-corrected chi connectivity index (χ1v) is 16.2. The fourth-order valence-electron chi connectivity index (χ4n) is 6.14. The van der Waals surface area contributed by atoms with E-state index in [4.69, 9.17) is 9.31 Å². The van der Waals surface area contributed by atoms with Gasteiger partial charge in [0.2, 0.25) is 0 Å². The van der Waals surface area contributed by atoms with E-state index in [1.807, 2.05) is 12.1 Å². The summed E-state index contributed by atoms with van der Waals surface area (Å²) in [6.07, 6.45) is 3.68. The number of benzene rings is 2. The summed E-state index contributed by atoms with van der Waals surface area (Å²) in [4.78, 5) is 4.82. The van der Waals surface area contributed by atoms with Gasteiger partial charge in [-0.15, -0.1) is 0 Å². The molecule has 2 aromatic carbocycles. The first-order chi connectivity index (χ1) is 19.9. The molecule has 0 N–H and O–H groups in total. The van der Waals surface area contributed by atoms with Crippen LogP contribution >= 0.6 is 15.9 Å². The highest BCUT2D eigenvalue weighted by Gasteiger charge is 2.51. The maximum absolute atomic E-state index is 9.85. The predicted molar refractivity (Wildman–Crippen MR) is 174 cm³/mol. The molecule has 0 saturated carbocycles. The van der Waals surface area contributed by atoms with Crippen molar-refractivity contribution in [3.8, 4) is 12.1 Å². The first-order valence-electron chi connectivity index (χ1n) is 15.4. The van der Waals surface area contributed by atoms with Crippen molar-refractivity contribution in [2.45, 2.75) is 89.3 Å². The van der Waals surface area contributed by atoms with Crippen molar-refractivity contribution in [1.82, 2.24) is 9.80 Å². The molecule has 3 fully saturated rings. The molecular formula is C34H46BBrN4O2. The Hall–Kier alpha value is -2.20. The Morgan fingerprint density at radius 2 is 1.05 bits per heavy atom. The van der Waals surface area contributed by atoms with Crippen LogP contribution in [0.2, 0.25) is 0 Å². The van der Waals surface area contributed by atoms with Crippen LogP contribution in [0.25, 0.3) is 0 Å². The summed E-state index contributed by atoms with van der Waals surface area (Å²) in [5.74, 6) is 0. The van der Waals surface area contributed by atoms with Crippen molar-refractivity contribution in [2.24, 2.45) is 0 Å². The zero-order chi connectivity index (χ0) is 30.6. The summed E-state index contributed by atoms with van der Waals surface area (Å²) in [6, 6.07) is 21.7. The van der Waals surface area contributed by atoms with Gasteiger partial charge in [0.15, 0.2) is 0 Å². The second-order valence-electron chi connectivity index (χ2n) is 13.0. The first kappa shape index (κ1) is 32.7. The number of hydrogen-bond acceptors (Lipinski definition) is 6. The molecule has 0 radical (unpaired) electrons. The molecule has 3 heterocycles. The Labute approximate surface area is 262 Å². The second-order valence-corrected chi connectivity index (χ2v) is 13.9. The third-order valence-corrected chi connectivity index (χ3v) is 10.7. The normalized spacial score (nSPS) is 22.8. The Morgan fingerprint density at radius 3 is 1.38 bits per heavy atom. The van der Waals surface area contributed by atoms with E-state index in [0.29, 0.717) is 0 Å². The van der Waals surface area contributed by atoms with Crippen LogP contribution < -0.4 is 5.46 Å². The minimum absolute atomic E-state index is 0.271. The summed E-state index contributed by atoms with van der Waals surface area (Å²) in [5, 5.41) is 19.4. The van der Waals surface area contributed by atoms with Crippen molar-refractivity contribution < 1.29 is 9.31 Å². The molecule has 3 aliphatic heterocycles. The molecule has 0 amide bonds. The van der Waals surface area contributed by atoms with Gasteiger partial charge in [-0.2, -0.15) is 10.5 Å². The SMILES string of the molecule is CCN1CCC(C#N)(c2ccc(B3OC(C)(C)C(C)(C)O3)cc2)CC1.CCN1CCC(C#N)(c2ccc(Br)cc2)CC1. The lowest BCUT2D eigenvalue weighted by Gasteiger charge is -2.37. The maximum atomic E-state index is 9.85. The van der Waals surface area contributed by atoms with Gasteiger partial charge in [0, 0.05) is 4.47 Å². The number of halogens is 1. The molecular weight excluding hydrogens is 587 g/mol. The van der Waals surface area contributed by atoms with Gasteiger partial charge >= 0.3 is 7.12 Å². The van der Waals surface area contributed by atoms with Crippen molar-refractivity contribution in [1.29, 1.82) is 10.5 Å². The molecule has 224 valence electrons. The number of rotatable bonds is 5. The summed E-state index contributed by atoms with van der Waals surface area (Å²) in [7, 11) is -0.348. The largest absolute Gasteiger partial charge is 0.494 e. The molecule has 0 atom stereocenters. The van der Waals surface area contributed by atoms with E-state index in [1.165, 1.54) is 5.56 Å². The van der Waals surface area contributed by atoms with E-state index in [9.17, 15) is 10.5 Å². The van der Waals surface area contributed by atoms with Gasteiger partial charge in [0.1, 0.15) is 0 Å². The minimum atomic E-state index is -0.361. The van der Waals surface area contributed by atoms with Gasteiger partial charge in [-0.1, -0.05) is 66.2 Å². The third-order valence-electron chi connectivity index (χ3n) is 10.1. The number of nitrogens with zero attached hydrogens (tertiary/aromatic N) is 4. The molecule has 42 heavy (non-hydrogen) atoms. The molecule has 8 heteroatoms. The second kappa shape index (κ2) is 13.2. The van der Waals surface area contributed by atoms with Gasteiger partial charge < -0.3 is 19.1 Å². The lowest BCUT2D eigenvalue weighted by molar-refractivity contribution is 0.00578. The topological polar surface area (TPSA) is 72.5 Å². The molecule has 0 bridgehead atoms. The highest BCUT2D eigenvalue weighted by molar-refractivity contribution is 9.10. The smallest absolute Gasteiger partial charge is 0.399 e. The lowest BCUT2D eigenvalue weighted by Crippen LogP contribution is -2.42. The maximum Gasteiger partial charge on any atom is 0.494 e. The standard InChI is InChI=1S/C20H29BN2O2.C14H17BrN2/c1-6-23-13-11-20(15-22,12-14-23)16-7-9-17(10-8-16)21-24-18(2,3)19(4,5)25-21;1-2-17-9-7-14(11-16,8-10-17)12-3-5-13(15)6-4-12/h7-10H,6,11-14H2,1-5H3;3-6H,2,7-10H2,1H3. The van der Waals surface area contributed by atoms with Crippen LogP contribution in [-0.4, -0.2) is 67.4 Å². The Bertz CT molecular complexity index is 1250. The van der Waals surface area contributed by atoms with Crippen molar-refractivity contribution in [3.05, 3.63) is 64.1 Å². The van der Waals surface area contributed by atoms with Crippen LogP contribution in [0.5, 0.6) is 0 Å². The van der Waals surface area contributed by atoms with Gasteiger partial charge in [-0.05, 0) is 121 Å². The average molecular weight is 633 g/mol. The Kier molecular flexibility index (Phi) is 10.3. The van der Waals surface area contributed by atoms with E-state index >= 15 is 0 Å². The predicted octanol–water partition coefficient (Wildman–Crippen LogP) is 6.19. The van der Waals surface area contributed by atoms with Crippen LogP contribution in [0.1, 0.15) is 78.4 Å². The van der Waals surface area contributed by atoms with Gasteiger partial charge in [-0.3, -0.25) is 0 Å². The van der Waals surface area contributed by atoms with E-state index in [-0.39, 0.29) is 29.2 Å². The summed E-state index contributed by atoms with van der Waals surface area (Å²) < 4.78 is 13.3. The number of likely N-dealkylation sites (tertiary alicyclic amines) is 2. The monoisotopic (exact) mass is 632 g/mol. The molecule has 3 saturated heterocycles. The Morgan fingerprint density at radius 1 is 0.690 bits per heavy atom. The van der Waals surface area contributed by atoms with Crippen molar-refractivity contribution >= 4 is 28.5 Å². The molecule has 0 spiro atoms. The number of piperidine rings is 2. The van der Waals surface area contributed by atoms with E-state index in [1.54, 1.807) is 0 Å². The highest BCUT2D eigenvalue weighted by Crippen LogP contribution is 2.38. The van der Waals surface area contributed by atoms with Crippen LogP contribution in [0.15, 0.2) is 53.0 Å². The van der Waals surface area contributed by atoms with Gasteiger partial charge in [0.25, 0.3) is 0 Å². The van der Waals surface area contributed by atoms with E-state index in [2.05, 4.69) is 116 Å². The molecule has 6 nitrogen and oxygen atoms in total. The molecule has 0 unspecified atom stereocenters. The van der Waals surface area contributed by atoms with Crippen LogP contribution in [-0.2, 0) is 20.1 Å². The molecule has 0 aromatic heterocycles. The number of hydrogen-bond donors (Lipinski definition) is 0. The molecule has 5 rings (SSSR count). The summed E-state index contributed by atoms with van der Waals surface area (Å²) in [5.41, 5.74) is 1.99. The summed E-state index contributed by atoms with van der Waals surface area (Å²) >= 11 is 3.44. The van der Waals surface area contributed by atoms with E-state index < -0.39 is 0 Å². The zero-order valence-corrected chi connectivity index (χ0v) is 27.8. The average Bonchev–Trinajstić information content (AvgIpc) is 3.24. The van der Waals surface area contributed by atoms with Crippen LogP contribution in [0.3, 0.4) is 0 Å². The number of nitriles is 2. The van der Waals surface area contributed by atoms with E-state index in [0.717, 1.165) is 80.5 Å². The van der Waals surface area contributed by atoms with Gasteiger partial charge in [0.05, 0.1) is 34.2 Å². The van der Waals surface area contributed by atoms with Crippen LogP contribution in [0, 0.1) is 22.7 Å². The molecule has 2 aromatic rings. The quantitative estimate of drug-likeness (QED) is 0.366.